The predicted molar refractivity (Wildman–Crippen MR) is 119 cm³/mol. The van der Waals surface area contributed by atoms with Crippen LogP contribution in [0.15, 0.2) is 30.6 Å². The third-order valence-corrected chi connectivity index (χ3v) is 7.74. The van der Waals surface area contributed by atoms with Gasteiger partial charge in [0.1, 0.15) is 11.9 Å². The van der Waals surface area contributed by atoms with Gasteiger partial charge in [0, 0.05) is 0 Å². The molecule has 0 atom stereocenters. The number of hydrogen-bond donors (Lipinski definition) is 0. The van der Waals surface area contributed by atoms with E-state index in [0.29, 0.717) is 12.2 Å². The Labute approximate surface area is 181 Å². The molecule has 0 radical (unpaired) electrons. The van der Waals surface area contributed by atoms with E-state index in [-0.39, 0.29) is 11.4 Å². The molecule has 0 aliphatic heterocycles. The van der Waals surface area contributed by atoms with Gasteiger partial charge in [-0.05, 0) is 92.7 Å². The predicted octanol–water partition coefficient (Wildman–Crippen LogP) is 8.60. The van der Waals surface area contributed by atoms with E-state index in [2.05, 4.69) is 0 Å². The van der Waals surface area contributed by atoms with Gasteiger partial charge in [0.25, 0.3) is 0 Å². The van der Waals surface area contributed by atoms with Crippen molar-refractivity contribution in [3.63, 3.8) is 0 Å². The standard InChI is InChI=1S/C27H37F2N/c28-18-6-4-2-1-3-5-7-21-8-10-22(11-9-21)23-12-14-24(15-13-23)25-16-17-26(20-30)27(29)19-25/h6,16-19,21-24H,1-5,7-15H2. The third-order valence-electron chi connectivity index (χ3n) is 7.74. The first kappa shape index (κ1) is 23.0. The molecule has 3 heteroatoms. The second-order valence-corrected chi connectivity index (χ2v) is 9.60. The number of unbranched alkanes of at least 4 members (excludes halogenated alkanes) is 4. The number of allylic oxidation sites excluding steroid dienone is 1. The number of benzene rings is 1. The Balaban J connectivity index is 1.33. The largest absolute Gasteiger partial charge is 0.216 e. The van der Waals surface area contributed by atoms with E-state index < -0.39 is 0 Å². The summed E-state index contributed by atoms with van der Waals surface area (Å²) in [5.41, 5.74) is 1.23. The average Bonchev–Trinajstić information content (AvgIpc) is 2.79. The number of nitriles is 1. The number of hydrogen-bond acceptors (Lipinski definition) is 1. The number of nitrogens with zero attached hydrogens (tertiary/aromatic N) is 1. The molecule has 0 heterocycles. The van der Waals surface area contributed by atoms with Gasteiger partial charge in [-0.2, -0.15) is 5.26 Å². The Kier molecular flexibility index (Phi) is 9.37. The maximum atomic E-state index is 14.0. The van der Waals surface area contributed by atoms with E-state index in [1.54, 1.807) is 18.2 Å². The zero-order valence-electron chi connectivity index (χ0n) is 18.3. The molecule has 0 bridgehead atoms. The van der Waals surface area contributed by atoms with Crippen molar-refractivity contribution in [1.29, 1.82) is 5.26 Å². The Hall–Kier alpha value is -1.69. The number of halogens is 2. The molecular formula is C27H37F2N. The van der Waals surface area contributed by atoms with Crippen LogP contribution in [0.25, 0.3) is 0 Å². The zero-order chi connectivity index (χ0) is 21.2. The van der Waals surface area contributed by atoms with Crippen molar-refractivity contribution < 1.29 is 8.78 Å². The second-order valence-electron chi connectivity index (χ2n) is 9.60. The lowest BCUT2D eigenvalue weighted by atomic mass is 9.68. The van der Waals surface area contributed by atoms with Crippen LogP contribution in [0.1, 0.15) is 107 Å². The van der Waals surface area contributed by atoms with Gasteiger partial charge in [-0.15, -0.1) is 0 Å². The smallest absolute Gasteiger partial charge is 0.141 e. The summed E-state index contributed by atoms with van der Waals surface area (Å²) in [6.45, 7) is 0. The fraction of sp³-hybridized carbons (Fsp3) is 0.667. The van der Waals surface area contributed by atoms with E-state index in [9.17, 15) is 8.78 Å². The fourth-order valence-corrected chi connectivity index (χ4v) is 5.86. The van der Waals surface area contributed by atoms with Gasteiger partial charge in [0.2, 0.25) is 0 Å². The monoisotopic (exact) mass is 413 g/mol. The van der Waals surface area contributed by atoms with Crippen molar-refractivity contribution in [3.05, 3.63) is 47.5 Å². The third kappa shape index (κ3) is 6.66. The summed E-state index contributed by atoms with van der Waals surface area (Å²) in [5, 5.41) is 8.91. The highest BCUT2D eigenvalue weighted by atomic mass is 19.1. The van der Waals surface area contributed by atoms with Crippen LogP contribution in [-0.2, 0) is 0 Å². The van der Waals surface area contributed by atoms with E-state index in [1.807, 2.05) is 12.1 Å². The van der Waals surface area contributed by atoms with Crippen LogP contribution in [-0.4, -0.2) is 0 Å². The molecule has 30 heavy (non-hydrogen) atoms. The Bertz CT molecular complexity index is 704. The van der Waals surface area contributed by atoms with E-state index in [1.165, 1.54) is 64.2 Å². The van der Waals surface area contributed by atoms with Gasteiger partial charge >= 0.3 is 0 Å². The lowest BCUT2D eigenvalue weighted by molar-refractivity contribution is 0.155. The summed E-state index contributed by atoms with van der Waals surface area (Å²) in [7, 11) is 0. The zero-order valence-corrected chi connectivity index (χ0v) is 18.3. The minimum atomic E-state index is -0.368. The molecule has 0 spiro atoms. The molecule has 0 saturated heterocycles. The van der Waals surface area contributed by atoms with Crippen molar-refractivity contribution >= 4 is 0 Å². The molecule has 2 aliphatic carbocycles. The maximum Gasteiger partial charge on any atom is 0.141 e. The lowest BCUT2D eigenvalue weighted by Gasteiger charge is -2.38. The minimum Gasteiger partial charge on any atom is -0.216 e. The van der Waals surface area contributed by atoms with Crippen LogP contribution < -0.4 is 0 Å². The SMILES string of the molecule is N#Cc1ccc(C2CCC(C3CCC(CCCCCCC=CF)CC3)CC2)cc1F. The molecule has 1 aromatic rings. The van der Waals surface area contributed by atoms with Gasteiger partial charge < -0.3 is 0 Å². The van der Waals surface area contributed by atoms with Crippen molar-refractivity contribution in [1.82, 2.24) is 0 Å². The highest BCUT2D eigenvalue weighted by Crippen LogP contribution is 2.44. The van der Waals surface area contributed by atoms with E-state index >= 15 is 0 Å². The topological polar surface area (TPSA) is 23.8 Å². The molecule has 1 nitrogen and oxygen atoms in total. The summed E-state index contributed by atoms with van der Waals surface area (Å²) in [6.07, 6.45) is 20.0. The summed E-state index contributed by atoms with van der Waals surface area (Å²) in [4.78, 5) is 0. The Morgan fingerprint density at radius 3 is 2.20 bits per heavy atom. The first-order valence-corrected chi connectivity index (χ1v) is 12.2. The van der Waals surface area contributed by atoms with Gasteiger partial charge in [0.15, 0.2) is 0 Å². The van der Waals surface area contributed by atoms with Gasteiger partial charge in [-0.3, -0.25) is 0 Å². The van der Waals surface area contributed by atoms with Gasteiger partial charge in [0.05, 0.1) is 11.9 Å². The lowest BCUT2D eigenvalue weighted by Crippen LogP contribution is -2.25. The normalized spacial score (nSPS) is 27.2. The minimum absolute atomic E-state index is 0.151. The molecule has 0 aromatic heterocycles. The van der Waals surface area contributed by atoms with Crippen molar-refractivity contribution in [2.45, 2.75) is 95.8 Å². The van der Waals surface area contributed by atoms with Crippen molar-refractivity contribution in [2.24, 2.45) is 17.8 Å². The van der Waals surface area contributed by atoms with Crippen LogP contribution in [0, 0.1) is 34.9 Å². The second kappa shape index (κ2) is 12.2. The maximum absolute atomic E-state index is 14.0. The number of rotatable bonds is 9. The molecule has 3 rings (SSSR count). The highest BCUT2D eigenvalue weighted by molar-refractivity contribution is 5.34. The van der Waals surface area contributed by atoms with Crippen molar-refractivity contribution in [3.8, 4) is 6.07 Å². The van der Waals surface area contributed by atoms with Crippen LogP contribution in [0.5, 0.6) is 0 Å². The average molecular weight is 414 g/mol. The van der Waals surface area contributed by atoms with Crippen LogP contribution in [0.2, 0.25) is 0 Å². The van der Waals surface area contributed by atoms with Gasteiger partial charge in [-0.25, -0.2) is 8.78 Å². The first-order valence-electron chi connectivity index (χ1n) is 12.2. The summed E-state index contributed by atoms with van der Waals surface area (Å²) in [6, 6.07) is 7.10. The highest BCUT2D eigenvalue weighted by Gasteiger charge is 2.31. The molecular weight excluding hydrogens is 376 g/mol. The molecule has 2 aliphatic rings. The molecule has 1 aromatic carbocycles. The molecule has 2 fully saturated rings. The molecule has 2 saturated carbocycles. The van der Waals surface area contributed by atoms with E-state index in [4.69, 9.17) is 5.26 Å². The Morgan fingerprint density at radius 1 is 0.900 bits per heavy atom. The summed E-state index contributed by atoms with van der Waals surface area (Å²) >= 11 is 0. The van der Waals surface area contributed by atoms with E-state index in [0.717, 1.165) is 49.0 Å². The molecule has 0 unspecified atom stereocenters. The van der Waals surface area contributed by atoms with Crippen LogP contribution >= 0.6 is 0 Å². The van der Waals surface area contributed by atoms with Crippen LogP contribution in [0.4, 0.5) is 8.78 Å². The molecule has 0 amide bonds. The quantitative estimate of drug-likeness (QED) is 0.372. The summed E-state index contributed by atoms with van der Waals surface area (Å²) < 4.78 is 25.9. The fourth-order valence-electron chi connectivity index (χ4n) is 5.86. The van der Waals surface area contributed by atoms with Crippen molar-refractivity contribution in [2.75, 3.05) is 0 Å². The van der Waals surface area contributed by atoms with Crippen LogP contribution in [0.3, 0.4) is 0 Å². The Morgan fingerprint density at radius 2 is 1.57 bits per heavy atom. The van der Waals surface area contributed by atoms with Gasteiger partial charge in [-0.1, -0.05) is 50.7 Å². The molecule has 164 valence electrons. The first-order chi connectivity index (χ1) is 14.7. The molecule has 0 N–H and O–H groups in total. The summed E-state index contributed by atoms with van der Waals surface area (Å²) in [5.74, 6) is 2.76.